The molecule has 0 saturated heterocycles. The maximum absolute atomic E-state index is 2.50. The Morgan fingerprint density at radius 1 is 0.323 bits per heavy atom. The highest BCUT2D eigenvalue weighted by Crippen LogP contribution is 2.48. The molecule has 2 aliphatic rings. The molecule has 5 heteroatoms. The predicted molar refractivity (Wildman–Crippen MR) is 278 cm³/mol. The van der Waals surface area contributed by atoms with E-state index in [0.717, 1.165) is 45.5 Å². The van der Waals surface area contributed by atoms with Crippen LogP contribution in [0.1, 0.15) is 33.4 Å². The molecule has 65 heavy (non-hydrogen) atoms. The van der Waals surface area contributed by atoms with Gasteiger partial charge in [0.15, 0.2) is 0 Å². The summed E-state index contributed by atoms with van der Waals surface area (Å²) in [6, 6.07) is 74.3. The highest BCUT2D eigenvalue weighted by Gasteiger charge is 2.44. The maximum Gasteiger partial charge on any atom is 0.252 e. The number of fused-ring (bicyclic) bond motifs is 4. The summed E-state index contributed by atoms with van der Waals surface area (Å²) in [6.45, 7) is 13.2. The molecule has 0 amide bonds. The molecule has 0 spiro atoms. The van der Waals surface area contributed by atoms with Gasteiger partial charge in [-0.1, -0.05) is 125 Å². The van der Waals surface area contributed by atoms with Crippen molar-refractivity contribution in [3.63, 3.8) is 0 Å². The normalized spacial score (nSPS) is 12.4. The molecular weight excluding hydrogens is 787 g/mol. The lowest BCUT2D eigenvalue weighted by Crippen LogP contribution is -2.61. The fourth-order valence-electron chi connectivity index (χ4n) is 10.1. The average Bonchev–Trinajstić information content (AvgIpc) is 3.32. The summed E-state index contributed by atoms with van der Waals surface area (Å²) in [7, 11) is 0. The minimum Gasteiger partial charge on any atom is -0.311 e. The molecule has 0 radical (unpaired) electrons. The van der Waals surface area contributed by atoms with Crippen LogP contribution in [0, 0.1) is 41.5 Å². The van der Waals surface area contributed by atoms with Crippen LogP contribution < -0.4 is 36.0 Å². The van der Waals surface area contributed by atoms with Crippen molar-refractivity contribution in [1.82, 2.24) is 0 Å². The average molecular weight is 839 g/mol. The summed E-state index contributed by atoms with van der Waals surface area (Å²) in [4.78, 5) is 9.86. The molecule has 2 aliphatic heterocycles. The van der Waals surface area contributed by atoms with Gasteiger partial charge in [-0.05, 0) is 166 Å². The van der Waals surface area contributed by atoms with E-state index in [4.69, 9.17) is 0 Å². The molecule has 314 valence electrons. The van der Waals surface area contributed by atoms with E-state index in [1.54, 1.807) is 0 Å². The number of rotatable bonds is 8. The number of nitrogens with zero attached hydrogens (tertiary/aromatic N) is 4. The quantitative estimate of drug-likeness (QED) is 0.141. The van der Waals surface area contributed by atoms with Gasteiger partial charge in [0.2, 0.25) is 0 Å². The van der Waals surface area contributed by atoms with E-state index in [2.05, 4.69) is 261 Å². The van der Waals surface area contributed by atoms with E-state index in [-0.39, 0.29) is 6.71 Å². The van der Waals surface area contributed by atoms with Gasteiger partial charge in [0.05, 0.1) is 11.4 Å². The summed E-state index contributed by atoms with van der Waals surface area (Å²) >= 11 is 0. The Bertz CT molecular complexity index is 2900. The van der Waals surface area contributed by atoms with Gasteiger partial charge >= 0.3 is 0 Å². The minimum atomic E-state index is -0.0361. The highest BCUT2D eigenvalue weighted by molar-refractivity contribution is 7.00. The molecule has 0 bridgehead atoms. The Morgan fingerprint density at radius 2 is 0.646 bits per heavy atom. The molecular formula is C60H51BN4. The first kappa shape index (κ1) is 40.0. The first-order valence-corrected chi connectivity index (χ1v) is 22.7. The Balaban J connectivity index is 1.19. The fourth-order valence-corrected chi connectivity index (χ4v) is 10.1. The Morgan fingerprint density at radius 3 is 0.969 bits per heavy atom. The molecule has 0 saturated carbocycles. The summed E-state index contributed by atoms with van der Waals surface area (Å²) in [5.74, 6) is 0. The zero-order valence-corrected chi connectivity index (χ0v) is 37.9. The van der Waals surface area contributed by atoms with Crippen LogP contribution in [0.4, 0.5) is 68.2 Å². The predicted octanol–water partition coefficient (Wildman–Crippen LogP) is 14.6. The van der Waals surface area contributed by atoms with Crippen LogP contribution in [-0.2, 0) is 0 Å². The van der Waals surface area contributed by atoms with E-state index >= 15 is 0 Å². The summed E-state index contributed by atoms with van der Waals surface area (Å²) < 4.78 is 0. The smallest absolute Gasteiger partial charge is 0.252 e. The van der Waals surface area contributed by atoms with Crippen molar-refractivity contribution in [2.75, 3.05) is 19.6 Å². The number of hydrogen-bond acceptors (Lipinski definition) is 4. The van der Waals surface area contributed by atoms with Gasteiger partial charge in [0, 0.05) is 56.9 Å². The van der Waals surface area contributed by atoms with E-state index < -0.39 is 0 Å². The number of hydrogen-bond donors (Lipinski definition) is 0. The second kappa shape index (κ2) is 16.1. The number of aryl methyl sites for hydroxylation is 6. The van der Waals surface area contributed by atoms with Gasteiger partial charge in [-0.25, -0.2) is 0 Å². The van der Waals surface area contributed by atoms with Crippen LogP contribution in [0.5, 0.6) is 0 Å². The first-order valence-electron chi connectivity index (χ1n) is 22.7. The van der Waals surface area contributed by atoms with E-state index in [9.17, 15) is 0 Å². The Kier molecular flexibility index (Phi) is 9.92. The van der Waals surface area contributed by atoms with Crippen LogP contribution in [0.15, 0.2) is 200 Å². The van der Waals surface area contributed by atoms with Crippen molar-refractivity contribution < 1.29 is 0 Å². The summed E-state index contributed by atoms with van der Waals surface area (Å²) in [5.41, 5.74) is 25.1. The summed E-state index contributed by atoms with van der Waals surface area (Å²) in [6.07, 6.45) is 0. The third-order valence-electron chi connectivity index (χ3n) is 13.3. The lowest BCUT2D eigenvalue weighted by atomic mass is 9.33. The maximum atomic E-state index is 2.50. The van der Waals surface area contributed by atoms with E-state index in [1.165, 1.54) is 72.5 Å². The molecule has 0 fully saturated rings. The third kappa shape index (κ3) is 6.96. The fraction of sp³-hybridized carbons (Fsp3) is 0.100. The molecule has 0 aliphatic carbocycles. The molecule has 0 unspecified atom stereocenters. The molecule has 0 N–H and O–H groups in total. The molecule has 4 nitrogen and oxygen atoms in total. The largest absolute Gasteiger partial charge is 0.311 e. The number of para-hydroxylation sites is 2. The number of benzene rings is 9. The molecule has 9 aromatic rings. The first-order chi connectivity index (χ1) is 31.7. The zero-order chi connectivity index (χ0) is 44.3. The Hall–Kier alpha value is -7.76. The van der Waals surface area contributed by atoms with Gasteiger partial charge in [-0.15, -0.1) is 0 Å². The second-order valence-electron chi connectivity index (χ2n) is 17.9. The van der Waals surface area contributed by atoms with Crippen molar-refractivity contribution >= 4 is 91.3 Å². The van der Waals surface area contributed by atoms with Crippen molar-refractivity contribution in [1.29, 1.82) is 0 Å². The van der Waals surface area contributed by atoms with Gasteiger partial charge in [0.25, 0.3) is 6.71 Å². The van der Waals surface area contributed by atoms with E-state index in [1.807, 2.05) is 0 Å². The van der Waals surface area contributed by atoms with E-state index in [0.29, 0.717) is 0 Å². The van der Waals surface area contributed by atoms with Crippen LogP contribution >= 0.6 is 0 Å². The molecule has 9 aromatic carbocycles. The lowest BCUT2D eigenvalue weighted by molar-refractivity contribution is 1.21. The molecule has 0 atom stereocenters. The van der Waals surface area contributed by atoms with Crippen molar-refractivity contribution in [2.45, 2.75) is 41.5 Å². The molecule has 2 heterocycles. The second-order valence-corrected chi connectivity index (χ2v) is 17.9. The van der Waals surface area contributed by atoms with Crippen molar-refractivity contribution in [3.05, 3.63) is 234 Å². The van der Waals surface area contributed by atoms with Crippen molar-refractivity contribution in [3.8, 4) is 0 Å². The van der Waals surface area contributed by atoms with Crippen molar-refractivity contribution in [2.24, 2.45) is 0 Å². The Labute approximate surface area is 384 Å². The van der Waals surface area contributed by atoms with Gasteiger partial charge < -0.3 is 19.6 Å². The van der Waals surface area contributed by atoms with Crippen LogP contribution in [0.2, 0.25) is 0 Å². The monoisotopic (exact) mass is 838 g/mol. The van der Waals surface area contributed by atoms with Gasteiger partial charge in [-0.3, -0.25) is 0 Å². The van der Waals surface area contributed by atoms with Gasteiger partial charge in [0.1, 0.15) is 0 Å². The number of anilines is 12. The van der Waals surface area contributed by atoms with Gasteiger partial charge in [-0.2, -0.15) is 0 Å². The third-order valence-corrected chi connectivity index (χ3v) is 13.3. The zero-order valence-electron chi connectivity index (χ0n) is 37.9. The van der Waals surface area contributed by atoms with Crippen LogP contribution in [0.3, 0.4) is 0 Å². The van der Waals surface area contributed by atoms with Crippen LogP contribution in [0.25, 0.3) is 0 Å². The summed E-state index contributed by atoms with van der Waals surface area (Å²) in [5, 5.41) is 0. The molecule has 0 aromatic heterocycles. The van der Waals surface area contributed by atoms with Crippen LogP contribution in [-0.4, -0.2) is 6.71 Å². The topological polar surface area (TPSA) is 13.0 Å². The molecule has 11 rings (SSSR count). The lowest BCUT2D eigenvalue weighted by Gasteiger charge is -2.45. The SMILES string of the molecule is Cc1ccc(N(c2ccc(C)cc2)c2cc3c(cc2C)B2c4cc(C)c(N(c5ccc(C)cc5)c5ccc(C)cc5)cc4N(c4ccccc4)c4cccc(c42)N3c2ccccc2)cc1. The minimum absolute atomic E-state index is 0.0361. The highest BCUT2D eigenvalue weighted by atomic mass is 15.2. The standard InChI is InChI=1S/C60H51BN4/c1-40-20-28-48(29-21-40)62(49-30-22-41(2)23-31-49)56-38-58-52(36-44(56)5)61-53-37-45(6)57(63(50-32-24-42(3)25-33-50)51-34-26-43(4)27-35-51)39-59(53)65(47-16-11-8-12-17-47)55-19-13-18-54(60(55)61)64(58)46-14-9-7-10-15-46/h7-39H,1-6H3.